The molecule has 0 heterocycles. The minimum absolute atomic E-state index is 0.0397. The molecule has 0 saturated heterocycles. The van der Waals surface area contributed by atoms with Crippen LogP contribution in [0.4, 0.5) is 34.1 Å². The summed E-state index contributed by atoms with van der Waals surface area (Å²) < 4.78 is 59.2. The number of hydrogen-bond donors (Lipinski definition) is 3. The van der Waals surface area contributed by atoms with Crippen molar-refractivity contribution in [1.82, 2.24) is 0 Å². The molecule has 6 aromatic rings. The smallest absolute Gasteiger partial charge is 0.425 e. The van der Waals surface area contributed by atoms with E-state index in [1.165, 1.54) is 6.07 Å². The third-order valence-corrected chi connectivity index (χ3v) is 8.29. The van der Waals surface area contributed by atoms with E-state index in [1.54, 1.807) is 32.0 Å². The number of aryl methyl sites for hydroxylation is 3. The first-order valence-electron chi connectivity index (χ1n) is 14.6. The highest BCUT2D eigenvalue weighted by molar-refractivity contribution is 7.86. The fraction of sp³-hybridized carbons (Fsp3) is 0.0857. The summed E-state index contributed by atoms with van der Waals surface area (Å²) >= 11 is 0. The van der Waals surface area contributed by atoms with Crippen LogP contribution in [0.5, 0.6) is 5.75 Å². The average molecular weight is 696 g/mol. The summed E-state index contributed by atoms with van der Waals surface area (Å²) in [5, 5.41) is 35.1. The molecule has 0 unspecified atom stereocenters. The van der Waals surface area contributed by atoms with Crippen LogP contribution < -0.4 is 5.32 Å². The Morgan fingerprint density at radius 3 is 1.76 bits per heavy atom. The van der Waals surface area contributed by atoms with Crippen molar-refractivity contribution in [3.05, 3.63) is 120 Å². The summed E-state index contributed by atoms with van der Waals surface area (Å²) in [6, 6.07) is 31.6. The Hall–Kier alpha value is -5.83. The lowest BCUT2D eigenvalue weighted by atomic mass is 10.0. The molecule has 49 heavy (non-hydrogen) atoms. The number of hydrogen-bond acceptors (Lipinski definition) is 11. The maximum absolute atomic E-state index is 12.0. The van der Waals surface area contributed by atoms with E-state index in [-0.39, 0.29) is 16.3 Å². The van der Waals surface area contributed by atoms with E-state index in [4.69, 9.17) is 12.6 Å². The van der Waals surface area contributed by atoms with Crippen LogP contribution in [0.1, 0.15) is 16.7 Å². The molecule has 0 saturated carbocycles. The van der Waals surface area contributed by atoms with Crippen LogP contribution in [-0.4, -0.2) is 30.7 Å². The molecule has 6 rings (SSSR count). The highest BCUT2D eigenvalue weighted by atomic mass is 32.2. The van der Waals surface area contributed by atoms with Crippen molar-refractivity contribution in [2.75, 3.05) is 5.32 Å². The van der Waals surface area contributed by atoms with Gasteiger partial charge in [-0.05, 0) is 97.4 Å². The summed E-state index contributed by atoms with van der Waals surface area (Å²) in [5.74, 6) is 0.0397. The van der Waals surface area contributed by atoms with Crippen LogP contribution >= 0.6 is 0 Å². The molecule has 0 atom stereocenters. The molecular weight excluding hydrogens is 667 g/mol. The molecule has 0 fully saturated rings. The maximum atomic E-state index is 12.0. The quantitative estimate of drug-likeness (QED) is 0.109. The van der Waals surface area contributed by atoms with Crippen molar-refractivity contribution in [2.45, 2.75) is 25.7 Å². The van der Waals surface area contributed by atoms with Gasteiger partial charge in [-0.1, -0.05) is 48.5 Å². The number of rotatable bonds is 7. The second-order valence-corrected chi connectivity index (χ2v) is 12.8. The Morgan fingerprint density at radius 2 is 1.16 bits per heavy atom. The molecule has 14 heteroatoms. The average Bonchev–Trinajstić information content (AvgIpc) is 3.04. The van der Waals surface area contributed by atoms with E-state index in [0.29, 0.717) is 39.0 Å². The first-order chi connectivity index (χ1) is 23.3. The Bertz CT molecular complexity index is 2500. The van der Waals surface area contributed by atoms with Gasteiger partial charge in [0.2, 0.25) is 0 Å². The van der Waals surface area contributed by atoms with Crippen molar-refractivity contribution in [3.63, 3.8) is 0 Å². The molecule has 0 amide bonds. The van der Waals surface area contributed by atoms with Gasteiger partial charge >= 0.3 is 10.6 Å². The topological polar surface area (TPSA) is 187 Å². The van der Waals surface area contributed by atoms with Crippen LogP contribution in [-0.2, 0) is 20.7 Å². The molecule has 0 bridgehead atoms. The molecule has 0 spiro atoms. The molecule has 6 aromatic carbocycles. The largest absolute Gasteiger partial charge is 0.505 e. The number of fused-ring (bicyclic) bond motifs is 2. The SMILES string of the molecule is Cc1cc(C)c(N=Nc2ccc(N=Nc3c(C)cc4cc(Nc5ccccc5)ccc4c3O)c3ccccc23)c(S(=O)(=O)O)c1.O=S(=O)=O. The Morgan fingerprint density at radius 1 is 0.612 bits per heavy atom. The molecule has 12 nitrogen and oxygen atoms in total. The molecule has 0 aliphatic heterocycles. The normalized spacial score (nSPS) is 11.6. The molecular formula is C35H29N5O7S2. The number of nitrogens with zero attached hydrogens (tertiary/aromatic N) is 4. The van der Waals surface area contributed by atoms with E-state index in [0.717, 1.165) is 27.7 Å². The Balaban J connectivity index is 0.00000111. The lowest BCUT2D eigenvalue weighted by Gasteiger charge is -2.11. The predicted octanol–water partition coefficient (Wildman–Crippen LogP) is 9.44. The van der Waals surface area contributed by atoms with Gasteiger partial charge < -0.3 is 10.4 Å². The van der Waals surface area contributed by atoms with Crippen molar-refractivity contribution in [1.29, 1.82) is 0 Å². The van der Waals surface area contributed by atoms with E-state index in [9.17, 15) is 18.1 Å². The van der Waals surface area contributed by atoms with Crippen molar-refractivity contribution in [2.24, 2.45) is 20.5 Å². The Kier molecular flexibility index (Phi) is 10.2. The third kappa shape index (κ3) is 8.19. The van der Waals surface area contributed by atoms with Crippen LogP contribution in [0, 0.1) is 20.8 Å². The molecule has 3 N–H and O–H groups in total. The van der Waals surface area contributed by atoms with E-state index < -0.39 is 20.7 Å². The van der Waals surface area contributed by atoms with Gasteiger partial charge in [0.25, 0.3) is 10.1 Å². The first-order valence-corrected chi connectivity index (χ1v) is 17.0. The fourth-order valence-corrected chi connectivity index (χ4v) is 6.08. The van der Waals surface area contributed by atoms with E-state index in [1.807, 2.05) is 85.8 Å². The fourth-order valence-electron chi connectivity index (χ4n) is 5.30. The monoisotopic (exact) mass is 695 g/mol. The highest BCUT2D eigenvalue weighted by Gasteiger charge is 2.19. The number of azo groups is 2. The molecule has 0 radical (unpaired) electrons. The molecule has 0 aromatic heterocycles. The second kappa shape index (κ2) is 14.5. The first kappa shape index (κ1) is 34.5. The molecule has 0 aliphatic carbocycles. The van der Waals surface area contributed by atoms with Crippen LogP contribution in [0.25, 0.3) is 21.5 Å². The van der Waals surface area contributed by atoms with E-state index in [2.05, 4.69) is 25.8 Å². The number of para-hydroxylation sites is 1. The highest BCUT2D eigenvalue weighted by Crippen LogP contribution is 2.41. The van der Waals surface area contributed by atoms with Crippen molar-refractivity contribution in [3.8, 4) is 5.75 Å². The lowest BCUT2D eigenvalue weighted by Crippen LogP contribution is -2.00. The van der Waals surface area contributed by atoms with Gasteiger partial charge in [0.05, 0.1) is 11.4 Å². The van der Waals surface area contributed by atoms with Gasteiger partial charge in [0.1, 0.15) is 16.3 Å². The lowest BCUT2D eigenvalue weighted by molar-refractivity contribution is 0.481. The second-order valence-electron chi connectivity index (χ2n) is 11.0. The maximum Gasteiger partial charge on any atom is 0.425 e. The zero-order valence-corrected chi connectivity index (χ0v) is 28.0. The standard InChI is InChI=1S/C35H29N5O4S.O3S/c1-21-17-22(2)33(32(18-21)45(42,43)44)39-37-30-15-16-31(29-12-8-7-11-28(29)30)38-40-34-23(3)19-24-20-26(13-14-27(24)35(34)41)36-25-9-5-4-6-10-25;1-4(2)3/h4-20,36,41H,1-3H3,(H,42,43,44);. The summed E-state index contributed by atoms with van der Waals surface area (Å²) in [6.45, 7) is 5.33. The van der Waals surface area contributed by atoms with Gasteiger partial charge in [-0.15, -0.1) is 33.1 Å². The number of benzene rings is 6. The molecule has 248 valence electrons. The van der Waals surface area contributed by atoms with Crippen LogP contribution in [0.15, 0.2) is 128 Å². The van der Waals surface area contributed by atoms with Crippen LogP contribution in [0.3, 0.4) is 0 Å². The zero-order valence-electron chi connectivity index (χ0n) is 26.4. The number of aromatic hydroxyl groups is 1. The zero-order chi connectivity index (χ0) is 35.3. The number of nitrogens with one attached hydrogen (secondary N) is 1. The van der Waals surface area contributed by atoms with Gasteiger partial charge in [-0.3, -0.25) is 4.55 Å². The minimum atomic E-state index is -4.51. The summed E-state index contributed by atoms with van der Waals surface area (Å²) in [6.07, 6.45) is 0. The predicted molar refractivity (Wildman–Crippen MR) is 188 cm³/mol. The minimum Gasteiger partial charge on any atom is -0.505 e. The van der Waals surface area contributed by atoms with Gasteiger partial charge in [0.15, 0.2) is 5.75 Å². The van der Waals surface area contributed by atoms with E-state index >= 15 is 0 Å². The number of phenolic OH excluding ortho intramolecular Hbond substituents is 1. The summed E-state index contributed by atoms with van der Waals surface area (Å²) in [7, 11) is -7.62. The van der Waals surface area contributed by atoms with Crippen molar-refractivity contribution < 1.29 is 30.7 Å². The van der Waals surface area contributed by atoms with Gasteiger partial charge in [-0.25, -0.2) is 0 Å². The Labute approximate surface area is 283 Å². The number of anilines is 2. The van der Waals surface area contributed by atoms with Crippen LogP contribution in [0.2, 0.25) is 0 Å². The molecule has 0 aliphatic rings. The van der Waals surface area contributed by atoms with Gasteiger partial charge in [0, 0.05) is 27.5 Å². The summed E-state index contributed by atoms with van der Waals surface area (Å²) in [5.41, 5.74) is 5.35. The van der Waals surface area contributed by atoms with Gasteiger partial charge in [-0.2, -0.15) is 8.42 Å². The summed E-state index contributed by atoms with van der Waals surface area (Å²) in [4.78, 5) is -0.298. The van der Waals surface area contributed by atoms with Crippen molar-refractivity contribution >= 4 is 76.4 Å². The third-order valence-electron chi connectivity index (χ3n) is 7.42. The number of phenols is 1.